The molecule has 2 unspecified atom stereocenters. The lowest BCUT2D eigenvalue weighted by atomic mass is 9.89. The molecular formula is C22H18F3N3OS. The van der Waals surface area contributed by atoms with Crippen molar-refractivity contribution in [2.45, 2.75) is 32.6 Å². The third-order valence-electron chi connectivity index (χ3n) is 5.37. The molecule has 0 N–H and O–H groups in total. The van der Waals surface area contributed by atoms with Crippen LogP contribution in [-0.2, 0) is 16.1 Å². The molecule has 0 spiro atoms. The van der Waals surface area contributed by atoms with Crippen LogP contribution in [0.3, 0.4) is 0 Å². The molecule has 0 aromatic heterocycles. The van der Waals surface area contributed by atoms with E-state index in [1.807, 2.05) is 13.0 Å². The smallest absolute Gasteiger partial charge is 0.241 e. The predicted octanol–water partition coefficient (Wildman–Crippen LogP) is 4.77. The summed E-state index contributed by atoms with van der Waals surface area (Å²) >= 11 is 0. The zero-order valence-electron chi connectivity index (χ0n) is 16.4. The summed E-state index contributed by atoms with van der Waals surface area (Å²) in [7, 11) is -3.83. The fourth-order valence-corrected chi connectivity index (χ4v) is 5.25. The van der Waals surface area contributed by atoms with Crippen molar-refractivity contribution in [1.82, 2.24) is 0 Å². The summed E-state index contributed by atoms with van der Waals surface area (Å²) in [5.41, 5.74) is 2.43. The Morgan fingerprint density at radius 2 is 2.07 bits per heavy atom. The molecule has 4 nitrogen and oxygen atoms in total. The van der Waals surface area contributed by atoms with Crippen LogP contribution in [0.1, 0.15) is 30.0 Å². The molecule has 2 aliphatic carbocycles. The van der Waals surface area contributed by atoms with Crippen LogP contribution >= 0.6 is 0 Å². The highest BCUT2D eigenvalue weighted by atomic mass is 32.2. The van der Waals surface area contributed by atoms with E-state index in [1.54, 1.807) is 12.1 Å². The van der Waals surface area contributed by atoms with Gasteiger partial charge in [-0.2, -0.15) is 10.5 Å². The molecule has 0 radical (unpaired) electrons. The minimum Gasteiger partial charge on any atom is -0.241 e. The number of nitriles is 2. The molecule has 1 aromatic rings. The second-order valence-electron chi connectivity index (χ2n) is 7.41. The SMILES string of the molecule is Cc1cc(C#N)cc(CC2C#CC=C(S(=O)(CF)=NC#N)C3=C2CC(F)(F)[C@H]3C)c1. The van der Waals surface area contributed by atoms with E-state index in [2.05, 4.69) is 22.3 Å². The highest BCUT2D eigenvalue weighted by Gasteiger charge is 2.50. The number of nitrogens with zero attached hydrogens (tertiary/aromatic N) is 3. The third-order valence-corrected chi connectivity index (χ3v) is 7.07. The van der Waals surface area contributed by atoms with Crippen molar-refractivity contribution in [2.24, 2.45) is 16.2 Å². The maximum atomic E-state index is 14.7. The predicted molar refractivity (Wildman–Crippen MR) is 107 cm³/mol. The van der Waals surface area contributed by atoms with E-state index < -0.39 is 39.9 Å². The topological polar surface area (TPSA) is 77.0 Å². The fraction of sp³-hybridized carbons (Fsp3) is 0.364. The molecule has 0 saturated heterocycles. The van der Waals surface area contributed by atoms with Crippen molar-refractivity contribution in [3.8, 4) is 24.1 Å². The first kappa shape index (κ1) is 21.7. The van der Waals surface area contributed by atoms with Crippen molar-refractivity contribution < 1.29 is 17.4 Å². The van der Waals surface area contributed by atoms with Gasteiger partial charge in [0.15, 0.2) is 6.01 Å². The number of allylic oxidation sites excluding steroid dienone is 3. The van der Waals surface area contributed by atoms with Crippen molar-refractivity contribution in [3.05, 3.63) is 57.0 Å². The lowest BCUT2D eigenvalue weighted by Gasteiger charge is -2.20. The summed E-state index contributed by atoms with van der Waals surface area (Å²) < 4.78 is 59.2. The van der Waals surface area contributed by atoms with Gasteiger partial charge in [0.2, 0.25) is 6.19 Å². The second kappa shape index (κ2) is 8.01. The molecule has 3 atom stereocenters. The Balaban J connectivity index is 2.15. The molecule has 0 amide bonds. The highest BCUT2D eigenvalue weighted by Crippen LogP contribution is 2.51. The molecule has 154 valence electrons. The largest absolute Gasteiger partial charge is 0.258 e. The maximum absolute atomic E-state index is 14.7. The zero-order chi connectivity index (χ0) is 22.1. The van der Waals surface area contributed by atoms with Crippen LogP contribution in [0.4, 0.5) is 13.2 Å². The van der Waals surface area contributed by atoms with Crippen LogP contribution in [0.5, 0.6) is 0 Å². The van der Waals surface area contributed by atoms with Crippen LogP contribution < -0.4 is 0 Å². The quantitative estimate of drug-likeness (QED) is 0.511. The monoisotopic (exact) mass is 429 g/mol. The van der Waals surface area contributed by atoms with Crippen molar-refractivity contribution >= 4 is 9.73 Å². The minimum absolute atomic E-state index is 0.0670. The molecule has 2 aliphatic rings. The maximum Gasteiger partial charge on any atom is 0.258 e. The zero-order valence-corrected chi connectivity index (χ0v) is 17.2. The number of rotatable bonds is 4. The van der Waals surface area contributed by atoms with Gasteiger partial charge in [0.1, 0.15) is 9.73 Å². The molecule has 0 fully saturated rings. The first-order valence-corrected chi connectivity index (χ1v) is 10.9. The van der Waals surface area contributed by atoms with Gasteiger partial charge in [-0.3, -0.25) is 0 Å². The van der Waals surface area contributed by atoms with E-state index in [9.17, 15) is 22.6 Å². The summed E-state index contributed by atoms with van der Waals surface area (Å²) in [5.74, 6) is 0.558. The number of hydrogen-bond acceptors (Lipinski definition) is 4. The van der Waals surface area contributed by atoms with E-state index in [0.717, 1.165) is 17.2 Å². The van der Waals surface area contributed by atoms with Crippen LogP contribution in [0, 0.1) is 53.4 Å². The number of alkyl halides is 3. The molecule has 0 bridgehead atoms. The lowest BCUT2D eigenvalue weighted by Crippen LogP contribution is -2.23. The molecule has 0 heterocycles. The summed E-state index contributed by atoms with van der Waals surface area (Å²) in [6, 6.07) is 5.87. The number of halogens is 3. The highest BCUT2D eigenvalue weighted by molar-refractivity contribution is 7.97. The summed E-state index contributed by atoms with van der Waals surface area (Å²) in [5, 5.41) is 18.0. The van der Waals surface area contributed by atoms with E-state index in [0.29, 0.717) is 5.56 Å². The Morgan fingerprint density at radius 3 is 2.70 bits per heavy atom. The van der Waals surface area contributed by atoms with Crippen LogP contribution in [0.25, 0.3) is 0 Å². The molecule has 3 rings (SSSR count). The van der Waals surface area contributed by atoms with E-state index in [1.165, 1.54) is 13.1 Å². The first-order valence-electron chi connectivity index (χ1n) is 9.17. The van der Waals surface area contributed by atoms with E-state index >= 15 is 0 Å². The van der Waals surface area contributed by atoms with Crippen LogP contribution in [0.15, 0.2) is 44.7 Å². The molecule has 30 heavy (non-hydrogen) atoms. The average Bonchev–Trinajstić information content (AvgIpc) is 2.82. The van der Waals surface area contributed by atoms with E-state index in [4.69, 9.17) is 5.26 Å². The molecule has 0 aliphatic heterocycles. The van der Waals surface area contributed by atoms with Crippen molar-refractivity contribution in [3.63, 3.8) is 0 Å². The number of hydrogen-bond donors (Lipinski definition) is 0. The standard InChI is InChI=1S/C22H18F3N3OS/c1-14-6-16(8-17(7-14)11-26)9-18-4-3-5-20(30(29,12-23)28-13-27)21-15(2)22(24,25)10-19(18)21/h5-8,15,18H,9-10,12H2,1-2H3/t15-,18?,30?/m0/s1. The van der Waals surface area contributed by atoms with E-state index in [-0.39, 0.29) is 22.5 Å². The van der Waals surface area contributed by atoms with Gasteiger partial charge < -0.3 is 0 Å². The lowest BCUT2D eigenvalue weighted by molar-refractivity contribution is -0.0255. The summed E-state index contributed by atoms with van der Waals surface area (Å²) in [4.78, 5) is -0.219. The van der Waals surface area contributed by atoms with Gasteiger partial charge in [-0.25, -0.2) is 17.4 Å². The Hall–Kier alpha value is -3.02. The second-order valence-corrected chi connectivity index (χ2v) is 9.53. The van der Waals surface area contributed by atoms with Crippen LogP contribution in [-0.4, -0.2) is 16.1 Å². The number of aryl methyl sites for hydroxylation is 1. The fourth-order valence-electron chi connectivity index (χ4n) is 3.96. The van der Waals surface area contributed by atoms with Crippen LogP contribution in [0.2, 0.25) is 0 Å². The van der Waals surface area contributed by atoms with Gasteiger partial charge in [-0.1, -0.05) is 24.8 Å². The Kier molecular flexibility index (Phi) is 5.79. The van der Waals surface area contributed by atoms with Gasteiger partial charge in [0, 0.05) is 24.3 Å². The average molecular weight is 429 g/mol. The minimum atomic E-state index is -3.83. The van der Waals surface area contributed by atoms with Crippen molar-refractivity contribution in [1.29, 1.82) is 10.5 Å². The molecule has 0 saturated carbocycles. The number of benzene rings is 1. The first-order chi connectivity index (χ1) is 14.1. The van der Waals surface area contributed by atoms with Gasteiger partial charge in [-0.15, -0.1) is 4.36 Å². The normalized spacial score (nSPS) is 23.6. The molecule has 1 aromatic carbocycles. The summed E-state index contributed by atoms with van der Waals surface area (Å²) in [6.07, 6.45) is 2.19. The Labute approximate surface area is 173 Å². The van der Waals surface area contributed by atoms with Gasteiger partial charge >= 0.3 is 0 Å². The Morgan fingerprint density at radius 1 is 1.33 bits per heavy atom. The molecular weight excluding hydrogens is 411 g/mol. The summed E-state index contributed by atoms with van der Waals surface area (Å²) in [6.45, 7) is 3.13. The molecule has 8 heteroatoms. The van der Waals surface area contributed by atoms with Gasteiger partial charge in [-0.05, 0) is 47.8 Å². The Bertz CT molecular complexity index is 1230. The van der Waals surface area contributed by atoms with Gasteiger partial charge in [0.05, 0.1) is 16.5 Å². The third kappa shape index (κ3) is 3.86. The van der Waals surface area contributed by atoms with Gasteiger partial charge in [0.25, 0.3) is 5.92 Å². The van der Waals surface area contributed by atoms with Crippen molar-refractivity contribution in [2.75, 3.05) is 6.01 Å².